The number of benzene rings is 2. The number of hydrogen-bond donors (Lipinski definition) is 4. The van der Waals surface area contributed by atoms with Crippen molar-refractivity contribution in [2.75, 3.05) is 27.8 Å². The van der Waals surface area contributed by atoms with Gasteiger partial charge in [0.2, 0.25) is 5.88 Å². The third kappa shape index (κ3) is 7.18. The highest BCUT2D eigenvalue weighted by Crippen LogP contribution is 2.42. The number of hydrogen-bond acceptors (Lipinski definition) is 8. The van der Waals surface area contributed by atoms with Crippen molar-refractivity contribution in [3.63, 3.8) is 0 Å². The van der Waals surface area contributed by atoms with Crippen LogP contribution in [-0.4, -0.2) is 60.1 Å². The molecule has 220 valence electrons. The monoisotopic (exact) mass is 610 g/mol. The third-order valence-corrected chi connectivity index (χ3v) is 7.41. The zero-order valence-electron chi connectivity index (χ0n) is 23.4. The molecule has 0 spiro atoms. The average Bonchev–Trinajstić information content (AvgIpc) is 2.98. The van der Waals surface area contributed by atoms with E-state index in [0.29, 0.717) is 51.7 Å². The van der Waals surface area contributed by atoms with Gasteiger partial charge in [-0.25, -0.2) is 4.98 Å². The fraction of sp³-hybridized carbons (Fsp3) is 0.258. The Balaban J connectivity index is 1.64. The highest BCUT2D eigenvalue weighted by atomic mass is 35.5. The van der Waals surface area contributed by atoms with Crippen LogP contribution in [-0.2, 0) is 17.9 Å². The van der Waals surface area contributed by atoms with E-state index >= 15 is 0 Å². The quantitative estimate of drug-likeness (QED) is 0.156. The Morgan fingerprint density at radius 1 is 0.952 bits per heavy atom. The molecule has 0 bridgehead atoms. The standard InChI is InChI=1S/C31H32Cl2N4O5/c1-34-15-20-9-10-25(37-31(20)42-3)24-6-4-5-22(28(24)32)23-11-12-36-30(29(23)33)18-7-8-19(26(13-18)41-2)16-35-17-21(38)14-27(39)40/h4-13,21,34-35,38H,14-17H2,1-3H3,(H,39,40). The van der Waals surface area contributed by atoms with Crippen molar-refractivity contribution < 1.29 is 24.5 Å². The first-order chi connectivity index (χ1) is 20.3. The van der Waals surface area contributed by atoms with E-state index in [0.717, 1.165) is 27.8 Å². The van der Waals surface area contributed by atoms with Gasteiger partial charge >= 0.3 is 5.97 Å². The van der Waals surface area contributed by atoms with Crippen LogP contribution in [0.4, 0.5) is 0 Å². The number of aromatic nitrogens is 2. The van der Waals surface area contributed by atoms with Crippen molar-refractivity contribution in [2.24, 2.45) is 0 Å². The molecule has 1 unspecified atom stereocenters. The van der Waals surface area contributed by atoms with Gasteiger partial charge in [0.15, 0.2) is 0 Å². The van der Waals surface area contributed by atoms with Crippen molar-refractivity contribution in [3.8, 4) is 45.3 Å². The van der Waals surface area contributed by atoms with Gasteiger partial charge in [-0.15, -0.1) is 0 Å². The summed E-state index contributed by atoms with van der Waals surface area (Å²) in [5, 5.41) is 25.7. The summed E-state index contributed by atoms with van der Waals surface area (Å²) >= 11 is 13.9. The number of pyridine rings is 2. The van der Waals surface area contributed by atoms with Crippen LogP contribution in [0.15, 0.2) is 60.8 Å². The number of carboxylic acid groups (broad SMARTS) is 1. The number of carboxylic acids is 1. The molecular formula is C31H32Cl2N4O5. The molecule has 0 aliphatic rings. The van der Waals surface area contributed by atoms with Gasteiger partial charge in [-0.2, -0.15) is 0 Å². The SMILES string of the molecule is CNCc1ccc(-c2cccc(-c3ccnc(-c4ccc(CNCC(O)CC(=O)O)c(OC)c4)c3Cl)c2Cl)nc1OC. The van der Waals surface area contributed by atoms with Gasteiger partial charge in [0.05, 0.1) is 48.2 Å². The first-order valence-corrected chi connectivity index (χ1v) is 13.9. The Morgan fingerprint density at radius 3 is 2.40 bits per heavy atom. The minimum absolute atomic E-state index is 0.134. The summed E-state index contributed by atoms with van der Waals surface area (Å²) in [6, 6.07) is 17.0. The highest BCUT2D eigenvalue weighted by molar-refractivity contribution is 6.39. The molecule has 0 fully saturated rings. The summed E-state index contributed by atoms with van der Waals surface area (Å²) in [4.78, 5) is 20.0. The second kappa shape index (κ2) is 14.4. The minimum atomic E-state index is -1.05. The zero-order valence-corrected chi connectivity index (χ0v) is 25.0. The summed E-state index contributed by atoms with van der Waals surface area (Å²) in [5.41, 5.74) is 5.92. The van der Waals surface area contributed by atoms with Gasteiger partial charge in [0, 0.05) is 59.2 Å². The topological polar surface area (TPSA) is 126 Å². The lowest BCUT2D eigenvalue weighted by molar-refractivity contribution is -0.139. The zero-order chi connectivity index (χ0) is 30.2. The molecule has 0 aliphatic heterocycles. The molecular weight excluding hydrogens is 579 g/mol. The summed E-state index contributed by atoms with van der Waals surface area (Å²) in [6.45, 7) is 1.13. The van der Waals surface area contributed by atoms with E-state index in [9.17, 15) is 9.90 Å². The van der Waals surface area contributed by atoms with E-state index in [2.05, 4.69) is 20.6 Å². The summed E-state index contributed by atoms with van der Waals surface area (Å²) in [5.74, 6) is 0.0657. The number of aliphatic hydroxyl groups excluding tert-OH is 1. The van der Waals surface area contributed by atoms with Crippen LogP contribution in [0.1, 0.15) is 17.5 Å². The van der Waals surface area contributed by atoms with Crippen molar-refractivity contribution in [2.45, 2.75) is 25.6 Å². The molecule has 9 nitrogen and oxygen atoms in total. The van der Waals surface area contributed by atoms with E-state index < -0.39 is 12.1 Å². The molecule has 0 saturated heterocycles. The summed E-state index contributed by atoms with van der Waals surface area (Å²) < 4.78 is 11.1. The van der Waals surface area contributed by atoms with Crippen molar-refractivity contribution in [3.05, 3.63) is 82.0 Å². The molecule has 4 aromatic rings. The number of nitrogens with one attached hydrogen (secondary N) is 2. The van der Waals surface area contributed by atoms with Crippen molar-refractivity contribution in [1.82, 2.24) is 20.6 Å². The number of rotatable bonds is 13. The molecule has 2 aromatic carbocycles. The molecule has 0 saturated carbocycles. The minimum Gasteiger partial charge on any atom is -0.496 e. The smallest absolute Gasteiger partial charge is 0.306 e. The van der Waals surface area contributed by atoms with Gasteiger partial charge in [-0.05, 0) is 25.2 Å². The Kier molecular flexibility index (Phi) is 10.7. The predicted molar refractivity (Wildman–Crippen MR) is 164 cm³/mol. The molecule has 1 atom stereocenters. The van der Waals surface area contributed by atoms with Gasteiger partial charge in [-0.1, -0.05) is 59.6 Å². The van der Waals surface area contributed by atoms with Crippen molar-refractivity contribution in [1.29, 1.82) is 0 Å². The van der Waals surface area contributed by atoms with Gasteiger partial charge in [-0.3, -0.25) is 9.78 Å². The molecule has 4 rings (SSSR count). The molecule has 0 amide bonds. The lowest BCUT2D eigenvalue weighted by Gasteiger charge is -2.16. The number of halogens is 2. The van der Waals surface area contributed by atoms with E-state index in [1.165, 1.54) is 0 Å². The average molecular weight is 612 g/mol. The van der Waals surface area contributed by atoms with Gasteiger partial charge < -0.3 is 30.3 Å². The van der Waals surface area contributed by atoms with Gasteiger partial charge in [0.25, 0.3) is 0 Å². The normalized spacial score (nSPS) is 11.8. The van der Waals surface area contributed by atoms with E-state index in [1.807, 2.05) is 61.6 Å². The first-order valence-electron chi connectivity index (χ1n) is 13.2. The number of methoxy groups -OCH3 is 2. The fourth-order valence-corrected chi connectivity index (χ4v) is 5.24. The van der Waals surface area contributed by atoms with Crippen LogP contribution in [0, 0.1) is 0 Å². The first kappa shape index (κ1) is 31.2. The van der Waals surface area contributed by atoms with Crippen LogP contribution < -0.4 is 20.1 Å². The second-order valence-corrected chi connectivity index (χ2v) is 10.2. The maximum Gasteiger partial charge on any atom is 0.306 e. The van der Waals surface area contributed by atoms with Crippen LogP contribution in [0.5, 0.6) is 11.6 Å². The van der Waals surface area contributed by atoms with Crippen LogP contribution >= 0.6 is 23.2 Å². The lowest BCUT2D eigenvalue weighted by atomic mass is 9.99. The molecule has 0 radical (unpaired) electrons. The molecule has 42 heavy (non-hydrogen) atoms. The molecule has 0 aliphatic carbocycles. The third-order valence-electron chi connectivity index (χ3n) is 6.62. The van der Waals surface area contributed by atoms with Crippen LogP contribution in [0.2, 0.25) is 10.0 Å². The van der Waals surface area contributed by atoms with E-state index in [1.54, 1.807) is 20.4 Å². The van der Waals surface area contributed by atoms with Gasteiger partial charge in [0.1, 0.15) is 5.75 Å². The number of nitrogens with zero attached hydrogens (tertiary/aromatic N) is 2. The Morgan fingerprint density at radius 2 is 1.69 bits per heavy atom. The number of aliphatic hydroxyl groups is 1. The molecule has 11 heteroatoms. The van der Waals surface area contributed by atoms with Crippen molar-refractivity contribution >= 4 is 29.2 Å². The molecule has 2 aromatic heterocycles. The molecule has 4 N–H and O–H groups in total. The Labute approximate surface area is 254 Å². The maximum atomic E-state index is 10.8. The lowest BCUT2D eigenvalue weighted by Crippen LogP contribution is -2.28. The Bertz CT molecular complexity index is 1570. The largest absolute Gasteiger partial charge is 0.496 e. The predicted octanol–water partition coefficient (Wildman–Crippen LogP) is 5.45. The van der Waals surface area contributed by atoms with Crippen LogP contribution in [0.25, 0.3) is 33.6 Å². The summed E-state index contributed by atoms with van der Waals surface area (Å²) in [7, 11) is 5.01. The number of aliphatic carboxylic acids is 1. The Hall–Kier alpha value is -3.73. The second-order valence-electron chi connectivity index (χ2n) is 9.49. The molecule has 2 heterocycles. The number of ether oxygens (including phenoxy) is 2. The number of carbonyl (C=O) groups is 1. The van der Waals surface area contributed by atoms with E-state index in [4.69, 9.17) is 37.8 Å². The maximum absolute atomic E-state index is 10.8. The highest BCUT2D eigenvalue weighted by Gasteiger charge is 2.19. The summed E-state index contributed by atoms with van der Waals surface area (Å²) in [6.07, 6.45) is 0.364. The fourth-order valence-electron chi connectivity index (χ4n) is 4.60. The van der Waals surface area contributed by atoms with Crippen LogP contribution in [0.3, 0.4) is 0 Å². The van der Waals surface area contributed by atoms with E-state index in [-0.39, 0.29) is 13.0 Å².